The Kier molecular flexibility index (Phi) is 14.1. The molecule has 0 spiro atoms. The van der Waals surface area contributed by atoms with E-state index in [0.29, 0.717) is 0 Å². The minimum atomic E-state index is -0.543. The SMILES string of the molecule is C=CCOC(=O)CS.[CH3][Sn]([CH3])[CH3]. The summed E-state index contributed by atoms with van der Waals surface area (Å²) in [4.78, 5) is 17.3. The van der Waals surface area contributed by atoms with Crippen molar-refractivity contribution in [2.75, 3.05) is 12.4 Å². The van der Waals surface area contributed by atoms with Crippen LogP contribution in [0.5, 0.6) is 0 Å². The van der Waals surface area contributed by atoms with Crippen LogP contribution in [-0.2, 0) is 9.53 Å². The summed E-state index contributed by atoms with van der Waals surface area (Å²) >= 11 is 3.14. The Labute approximate surface area is 87.5 Å². The van der Waals surface area contributed by atoms with E-state index in [9.17, 15) is 4.79 Å². The Balaban J connectivity index is 0. The van der Waals surface area contributed by atoms with Gasteiger partial charge in [0, 0.05) is 0 Å². The molecule has 1 radical (unpaired) electrons. The van der Waals surface area contributed by atoms with Crippen LogP contribution in [0.4, 0.5) is 0 Å². The van der Waals surface area contributed by atoms with Crippen LogP contribution < -0.4 is 0 Å². The number of thiol groups is 1. The molecule has 0 aromatic carbocycles. The Morgan fingerprint density at radius 1 is 1.58 bits per heavy atom. The topological polar surface area (TPSA) is 26.3 Å². The molecule has 0 aromatic heterocycles. The van der Waals surface area contributed by atoms with E-state index in [-0.39, 0.29) is 18.3 Å². The second-order valence-corrected chi connectivity index (χ2v) is 11.5. The Morgan fingerprint density at radius 3 is 2.25 bits per heavy atom. The molecular weight excluding hydrogens is 279 g/mol. The first-order valence-corrected chi connectivity index (χ1v) is 12.9. The van der Waals surface area contributed by atoms with Gasteiger partial charge in [-0.1, -0.05) is 12.7 Å². The summed E-state index contributed by atoms with van der Waals surface area (Å²) in [6, 6.07) is 0. The number of esters is 1. The fourth-order valence-corrected chi connectivity index (χ4v) is 0.289. The van der Waals surface area contributed by atoms with Crippen molar-refractivity contribution in [1.82, 2.24) is 0 Å². The average molecular weight is 296 g/mol. The van der Waals surface area contributed by atoms with E-state index in [1.807, 2.05) is 0 Å². The summed E-state index contributed by atoms with van der Waals surface area (Å²) in [5, 5.41) is 0. The molecule has 0 aromatic rings. The summed E-state index contributed by atoms with van der Waals surface area (Å²) in [6.07, 6.45) is 1.52. The van der Waals surface area contributed by atoms with Gasteiger partial charge in [-0.15, -0.1) is 0 Å². The zero-order valence-corrected chi connectivity index (χ0v) is 11.7. The third-order valence-corrected chi connectivity index (χ3v) is 0.749. The van der Waals surface area contributed by atoms with Crippen molar-refractivity contribution in [2.45, 2.75) is 14.8 Å². The van der Waals surface area contributed by atoms with Gasteiger partial charge in [0.2, 0.25) is 0 Å². The number of hydrogen-bond donors (Lipinski definition) is 1. The van der Waals surface area contributed by atoms with Crippen LogP contribution in [-0.4, -0.2) is 38.1 Å². The van der Waals surface area contributed by atoms with E-state index in [4.69, 9.17) is 0 Å². The summed E-state index contributed by atoms with van der Waals surface area (Å²) < 4.78 is 4.51. The Bertz CT molecular complexity index is 123. The third kappa shape index (κ3) is 22.4. The molecule has 0 aliphatic rings. The zero-order valence-electron chi connectivity index (χ0n) is 7.96. The molecule has 0 atom stereocenters. The molecular formula is C8H17O2SSn. The van der Waals surface area contributed by atoms with Gasteiger partial charge in [-0.3, -0.25) is 4.79 Å². The molecule has 0 unspecified atom stereocenters. The predicted octanol–water partition coefficient (Wildman–Crippen LogP) is 2.02. The maximum absolute atomic E-state index is 10.2. The number of ether oxygens (including phenoxy) is 1. The van der Waals surface area contributed by atoms with Crippen LogP contribution in [0.15, 0.2) is 12.7 Å². The molecule has 0 saturated heterocycles. The summed E-state index contributed by atoms with van der Waals surface area (Å²) in [5.41, 5.74) is 0. The van der Waals surface area contributed by atoms with Crippen LogP contribution in [0, 0.1) is 0 Å². The van der Waals surface area contributed by atoms with Crippen molar-refractivity contribution >= 4 is 38.4 Å². The van der Waals surface area contributed by atoms with Gasteiger partial charge in [0.15, 0.2) is 0 Å². The van der Waals surface area contributed by atoms with Crippen molar-refractivity contribution in [1.29, 1.82) is 0 Å². The molecule has 0 rings (SSSR count). The summed E-state index contributed by atoms with van der Waals surface area (Å²) in [6.45, 7) is 3.64. The molecule has 71 valence electrons. The molecule has 0 aliphatic heterocycles. The Hall–Kier alpha value is 0.359. The first kappa shape index (κ1) is 14.9. The molecule has 0 fully saturated rings. The fourth-order valence-electron chi connectivity index (χ4n) is 0.198. The van der Waals surface area contributed by atoms with Crippen LogP contribution in [0.3, 0.4) is 0 Å². The standard InChI is InChI=1S/C5H8O2S.3CH3.Sn/c1-2-3-7-5(6)4-8;;;;/h2,8H,1,3-4H2;3*1H3;. The zero-order chi connectivity index (χ0) is 9.98. The van der Waals surface area contributed by atoms with Crippen molar-refractivity contribution in [3.05, 3.63) is 12.7 Å². The summed E-state index contributed by atoms with van der Waals surface area (Å²) in [5.74, 6) is -0.179. The van der Waals surface area contributed by atoms with Crippen molar-refractivity contribution < 1.29 is 9.53 Å². The average Bonchev–Trinajstić information content (AvgIpc) is 1.99. The molecule has 2 nitrogen and oxygen atoms in total. The molecule has 0 amide bonds. The van der Waals surface area contributed by atoms with E-state index in [1.165, 1.54) is 6.08 Å². The first-order chi connectivity index (χ1) is 5.54. The molecule has 0 saturated carbocycles. The number of carbonyl (C=O) groups is 1. The molecule has 0 aliphatic carbocycles. The van der Waals surface area contributed by atoms with Crippen LogP contribution in [0.25, 0.3) is 0 Å². The van der Waals surface area contributed by atoms with Crippen molar-refractivity contribution in [3.8, 4) is 0 Å². The van der Waals surface area contributed by atoms with E-state index >= 15 is 0 Å². The van der Waals surface area contributed by atoms with E-state index in [0.717, 1.165) is 0 Å². The van der Waals surface area contributed by atoms with Gasteiger partial charge in [-0.2, -0.15) is 12.6 Å². The van der Waals surface area contributed by atoms with Gasteiger partial charge in [0.05, 0.1) is 5.75 Å². The van der Waals surface area contributed by atoms with Crippen molar-refractivity contribution in [2.24, 2.45) is 0 Å². The van der Waals surface area contributed by atoms with Gasteiger partial charge in [-0.25, -0.2) is 0 Å². The molecule has 0 bridgehead atoms. The van der Waals surface area contributed by atoms with Gasteiger partial charge >= 0.3 is 40.5 Å². The quantitative estimate of drug-likeness (QED) is 0.373. The molecule has 0 N–H and O–H groups in total. The third-order valence-electron chi connectivity index (χ3n) is 0.491. The Morgan fingerprint density at radius 2 is 2.00 bits per heavy atom. The van der Waals surface area contributed by atoms with Crippen LogP contribution >= 0.6 is 12.6 Å². The van der Waals surface area contributed by atoms with Crippen LogP contribution in [0.1, 0.15) is 0 Å². The maximum atomic E-state index is 10.2. The van der Waals surface area contributed by atoms with Crippen LogP contribution in [0.2, 0.25) is 14.8 Å². The number of hydrogen-bond acceptors (Lipinski definition) is 3. The summed E-state index contributed by atoms with van der Waals surface area (Å²) in [7, 11) is 0. The van der Waals surface area contributed by atoms with Gasteiger partial charge in [0.25, 0.3) is 0 Å². The normalized spacial score (nSPS) is 8.42. The first-order valence-electron chi connectivity index (χ1n) is 3.68. The van der Waals surface area contributed by atoms with Crippen molar-refractivity contribution in [3.63, 3.8) is 0 Å². The van der Waals surface area contributed by atoms with E-state index in [1.54, 1.807) is 0 Å². The van der Waals surface area contributed by atoms with E-state index in [2.05, 4.69) is 38.8 Å². The molecule has 12 heavy (non-hydrogen) atoms. The minimum absolute atomic E-state index is 0.133. The van der Waals surface area contributed by atoms with E-state index < -0.39 is 19.8 Å². The van der Waals surface area contributed by atoms with Gasteiger partial charge < -0.3 is 4.74 Å². The second-order valence-electron chi connectivity index (χ2n) is 2.63. The molecule has 0 heterocycles. The fraction of sp³-hybridized carbons (Fsp3) is 0.625. The number of rotatable bonds is 3. The predicted molar refractivity (Wildman–Crippen MR) is 58.4 cm³/mol. The monoisotopic (exact) mass is 297 g/mol. The number of carbonyl (C=O) groups excluding carboxylic acids is 1. The van der Waals surface area contributed by atoms with Gasteiger partial charge in [0.1, 0.15) is 6.61 Å². The van der Waals surface area contributed by atoms with Gasteiger partial charge in [-0.05, 0) is 0 Å². The molecule has 4 heteroatoms. The second kappa shape index (κ2) is 11.4.